The van der Waals surface area contributed by atoms with Gasteiger partial charge in [0.1, 0.15) is 11.6 Å². The van der Waals surface area contributed by atoms with Gasteiger partial charge in [0.25, 0.3) is 0 Å². The van der Waals surface area contributed by atoms with Gasteiger partial charge in [0, 0.05) is 11.0 Å². The maximum atomic E-state index is 13.3. The minimum atomic E-state index is -0.674. The number of thioether (sulfide) groups is 1. The van der Waals surface area contributed by atoms with Gasteiger partial charge < -0.3 is 5.32 Å². The number of carbonyl (C=O) groups excluding carboxylic acids is 1. The molecule has 0 spiro atoms. The summed E-state index contributed by atoms with van der Waals surface area (Å²) in [4.78, 5) is 11.7. The maximum absolute atomic E-state index is 13.3. The molecule has 0 bridgehead atoms. The summed E-state index contributed by atoms with van der Waals surface area (Å²) in [6.45, 7) is 1.76. The van der Waals surface area contributed by atoms with E-state index >= 15 is 0 Å². The molecule has 0 aromatic heterocycles. The fourth-order valence-corrected chi connectivity index (χ4v) is 1.99. The second-order valence-corrected chi connectivity index (χ2v) is 4.64. The third-order valence-corrected chi connectivity index (χ3v) is 3.08. The monoisotopic (exact) mass is 255 g/mol. The van der Waals surface area contributed by atoms with Crippen LogP contribution in [0, 0.1) is 24.0 Å². The fraction of sp³-hybridized carbons (Fsp3) is 0.250. The quantitative estimate of drug-likeness (QED) is 0.660. The van der Waals surface area contributed by atoms with E-state index in [1.54, 1.807) is 6.92 Å². The van der Waals surface area contributed by atoms with Crippen molar-refractivity contribution in [2.24, 2.45) is 0 Å². The molecule has 1 aromatic rings. The first-order valence-electron chi connectivity index (χ1n) is 4.87. The molecule has 0 aliphatic rings. The van der Waals surface area contributed by atoms with Gasteiger partial charge in [-0.3, -0.25) is 4.79 Å². The second-order valence-electron chi connectivity index (χ2n) is 3.26. The van der Waals surface area contributed by atoms with E-state index in [9.17, 15) is 13.6 Å². The molecule has 1 unspecified atom stereocenters. The fourth-order valence-electron chi connectivity index (χ4n) is 1.10. The lowest BCUT2D eigenvalue weighted by Crippen LogP contribution is -2.31. The molecule has 0 radical (unpaired) electrons. The zero-order valence-corrected chi connectivity index (χ0v) is 9.98. The summed E-state index contributed by atoms with van der Waals surface area (Å²) in [5, 5.41) is 1.99. The molecule has 0 heterocycles. The zero-order valence-electron chi connectivity index (χ0n) is 9.17. The van der Waals surface area contributed by atoms with Gasteiger partial charge in [-0.25, -0.2) is 8.78 Å². The van der Waals surface area contributed by atoms with Gasteiger partial charge in [-0.1, -0.05) is 5.92 Å². The van der Waals surface area contributed by atoms with Crippen LogP contribution in [0.25, 0.3) is 0 Å². The highest BCUT2D eigenvalue weighted by molar-refractivity contribution is 8.00. The normalized spacial score (nSPS) is 11.6. The highest BCUT2D eigenvalue weighted by Gasteiger charge is 2.15. The van der Waals surface area contributed by atoms with Crippen molar-refractivity contribution >= 4 is 17.7 Å². The van der Waals surface area contributed by atoms with Crippen molar-refractivity contribution in [2.75, 3.05) is 6.54 Å². The van der Waals surface area contributed by atoms with Crippen LogP contribution in [0.15, 0.2) is 23.1 Å². The van der Waals surface area contributed by atoms with Gasteiger partial charge in [0.05, 0.1) is 11.8 Å². The summed E-state index contributed by atoms with van der Waals surface area (Å²) in [7, 11) is 0. The molecule has 0 fully saturated rings. The van der Waals surface area contributed by atoms with E-state index in [4.69, 9.17) is 6.42 Å². The highest BCUT2D eigenvalue weighted by Crippen LogP contribution is 2.26. The van der Waals surface area contributed by atoms with Crippen LogP contribution in [0.1, 0.15) is 6.92 Å². The maximum Gasteiger partial charge on any atom is 0.233 e. The van der Waals surface area contributed by atoms with E-state index < -0.39 is 16.9 Å². The molecule has 0 aliphatic carbocycles. The van der Waals surface area contributed by atoms with Gasteiger partial charge in [0.15, 0.2) is 0 Å². The Kier molecular flexibility index (Phi) is 4.98. The van der Waals surface area contributed by atoms with Crippen molar-refractivity contribution in [2.45, 2.75) is 17.1 Å². The van der Waals surface area contributed by atoms with Crippen molar-refractivity contribution in [3.05, 3.63) is 29.8 Å². The van der Waals surface area contributed by atoms with Crippen LogP contribution in [0.3, 0.4) is 0 Å². The van der Waals surface area contributed by atoms with E-state index in [0.717, 1.165) is 23.9 Å². The van der Waals surface area contributed by atoms with Crippen LogP contribution in [0.5, 0.6) is 0 Å². The average molecular weight is 255 g/mol. The van der Waals surface area contributed by atoms with Gasteiger partial charge in [-0.2, -0.15) is 0 Å². The molecule has 2 nitrogen and oxygen atoms in total. The largest absolute Gasteiger partial charge is 0.344 e. The molecule has 0 saturated carbocycles. The molecule has 17 heavy (non-hydrogen) atoms. The predicted molar refractivity (Wildman–Crippen MR) is 63.5 cm³/mol. The van der Waals surface area contributed by atoms with Crippen LogP contribution in [0.4, 0.5) is 8.78 Å². The number of benzene rings is 1. The summed E-state index contributed by atoms with van der Waals surface area (Å²) >= 11 is 1.02. The first-order chi connectivity index (χ1) is 8.04. The lowest BCUT2D eigenvalue weighted by Gasteiger charge is -2.10. The molecule has 90 valence electrons. The van der Waals surface area contributed by atoms with Crippen LogP contribution >= 0.6 is 11.8 Å². The van der Waals surface area contributed by atoms with Gasteiger partial charge in [0.2, 0.25) is 5.91 Å². The van der Waals surface area contributed by atoms with Gasteiger partial charge >= 0.3 is 0 Å². The number of amides is 1. The summed E-state index contributed by atoms with van der Waals surface area (Å²) in [6, 6.07) is 3.24. The molecule has 1 rings (SSSR count). The minimum Gasteiger partial charge on any atom is -0.344 e. The number of terminal acetylenes is 1. The van der Waals surface area contributed by atoms with E-state index in [-0.39, 0.29) is 17.3 Å². The van der Waals surface area contributed by atoms with Crippen LogP contribution in [-0.2, 0) is 4.79 Å². The van der Waals surface area contributed by atoms with E-state index in [1.165, 1.54) is 6.07 Å². The summed E-state index contributed by atoms with van der Waals surface area (Å²) < 4.78 is 26.0. The molecule has 0 saturated heterocycles. The molecule has 0 aliphatic heterocycles. The van der Waals surface area contributed by atoms with Crippen LogP contribution in [-0.4, -0.2) is 17.7 Å². The Labute approximate surface area is 103 Å². The van der Waals surface area contributed by atoms with Gasteiger partial charge in [-0.15, -0.1) is 18.2 Å². The lowest BCUT2D eigenvalue weighted by atomic mass is 10.3. The second kappa shape index (κ2) is 6.26. The molecular weight excluding hydrogens is 244 g/mol. The Morgan fingerprint density at radius 1 is 1.59 bits per heavy atom. The van der Waals surface area contributed by atoms with Crippen molar-refractivity contribution in [3.8, 4) is 12.3 Å². The highest BCUT2D eigenvalue weighted by atomic mass is 32.2. The molecule has 1 N–H and O–H groups in total. The Hall–Kier alpha value is -1.54. The molecule has 1 aromatic carbocycles. The third kappa shape index (κ3) is 4.08. The molecular formula is C12H11F2NOS. The zero-order chi connectivity index (χ0) is 12.8. The Balaban J connectivity index is 2.65. The van der Waals surface area contributed by atoms with Crippen molar-refractivity contribution in [3.63, 3.8) is 0 Å². The first kappa shape index (κ1) is 13.5. The Morgan fingerprint density at radius 3 is 2.88 bits per heavy atom. The first-order valence-corrected chi connectivity index (χ1v) is 5.75. The predicted octanol–water partition coefficient (Wildman–Crippen LogP) is 2.19. The van der Waals surface area contributed by atoms with E-state index in [2.05, 4.69) is 11.2 Å². The molecule has 5 heteroatoms. The number of nitrogens with one attached hydrogen (secondary N) is 1. The molecule has 1 amide bonds. The summed E-state index contributed by atoms with van der Waals surface area (Å²) in [5.41, 5.74) is 0. The Morgan fingerprint density at radius 2 is 2.29 bits per heavy atom. The van der Waals surface area contributed by atoms with Crippen molar-refractivity contribution in [1.82, 2.24) is 5.32 Å². The number of hydrogen-bond acceptors (Lipinski definition) is 2. The lowest BCUT2D eigenvalue weighted by molar-refractivity contribution is -0.120. The smallest absolute Gasteiger partial charge is 0.233 e. The van der Waals surface area contributed by atoms with Crippen molar-refractivity contribution < 1.29 is 13.6 Å². The average Bonchev–Trinajstić information content (AvgIpc) is 2.29. The van der Waals surface area contributed by atoms with E-state index in [0.29, 0.717) is 0 Å². The van der Waals surface area contributed by atoms with Crippen LogP contribution < -0.4 is 5.32 Å². The topological polar surface area (TPSA) is 29.1 Å². The molecule has 1 atom stereocenters. The SMILES string of the molecule is C#CCNC(=O)C(C)Sc1ccc(F)cc1F. The van der Waals surface area contributed by atoms with Crippen LogP contribution in [0.2, 0.25) is 0 Å². The van der Waals surface area contributed by atoms with Gasteiger partial charge in [-0.05, 0) is 19.1 Å². The van der Waals surface area contributed by atoms with E-state index in [1.807, 2.05) is 0 Å². The number of carbonyl (C=O) groups is 1. The summed E-state index contributed by atoms with van der Waals surface area (Å²) in [5.74, 6) is 0.674. The number of rotatable bonds is 4. The standard InChI is InChI=1S/C12H11F2NOS/c1-3-6-15-12(16)8(2)17-11-5-4-9(13)7-10(11)14/h1,4-5,7-8H,6H2,2H3,(H,15,16). The Bertz CT molecular complexity index is 456. The number of hydrogen-bond donors (Lipinski definition) is 1. The minimum absolute atomic E-state index is 0.135. The summed E-state index contributed by atoms with van der Waals surface area (Å²) in [6.07, 6.45) is 5.00. The van der Waals surface area contributed by atoms with Crippen molar-refractivity contribution in [1.29, 1.82) is 0 Å². The number of halogens is 2. The third-order valence-electron chi connectivity index (χ3n) is 1.93.